The van der Waals surface area contributed by atoms with Gasteiger partial charge in [-0.2, -0.15) is 0 Å². The number of para-hydroxylation sites is 1. The van der Waals surface area contributed by atoms with Gasteiger partial charge >= 0.3 is 5.97 Å². The summed E-state index contributed by atoms with van der Waals surface area (Å²) in [6.45, 7) is 0. The number of rotatable bonds is 6. The molecule has 0 saturated heterocycles. The van der Waals surface area contributed by atoms with E-state index in [9.17, 15) is 9.36 Å². The Balaban J connectivity index is 2.58. The normalized spacial score (nSPS) is 10.5. The Hall–Kier alpha value is -2.19. The van der Waals surface area contributed by atoms with Crippen LogP contribution in [-0.4, -0.2) is 18.2 Å². The van der Waals surface area contributed by atoms with E-state index >= 15 is 0 Å². The zero-order valence-corrected chi connectivity index (χ0v) is 12.5. The molecule has 0 bridgehead atoms. The van der Waals surface area contributed by atoms with E-state index in [0.717, 1.165) is 16.7 Å². The number of hydrogen-bond donors (Lipinski definition) is 1. The average Bonchev–Trinajstić information content (AvgIpc) is 2.52. The lowest BCUT2D eigenvalue weighted by Gasteiger charge is -2.14. The molecule has 5 heteroatoms. The number of carbonyl (C=O) groups is 1. The molecule has 0 radical (unpaired) electrons. The molecule has 2 aromatic rings. The summed E-state index contributed by atoms with van der Waals surface area (Å²) in [5.41, 5.74) is 2.45. The smallest absolute Gasteiger partial charge is 0.303 e. The maximum atomic E-state index is 11.4. The molecule has 2 rings (SSSR count). The van der Waals surface area contributed by atoms with Crippen molar-refractivity contribution in [1.29, 1.82) is 0 Å². The molecule has 0 unspecified atom stereocenters. The molecule has 0 aliphatic rings. The van der Waals surface area contributed by atoms with Crippen LogP contribution >= 0.6 is 8.46 Å². The molecule has 0 aromatic heterocycles. The molecule has 0 fully saturated rings. The van der Waals surface area contributed by atoms with Gasteiger partial charge in [-0.3, -0.25) is 9.36 Å². The molecule has 0 amide bonds. The first-order valence-electron chi connectivity index (χ1n) is 6.47. The van der Waals surface area contributed by atoms with E-state index in [0.29, 0.717) is 17.5 Å². The molecule has 2 aromatic carbocycles. The Labute approximate surface area is 124 Å². The predicted octanol–water partition coefficient (Wildman–Crippen LogP) is 3.30. The van der Waals surface area contributed by atoms with Crippen LogP contribution in [0.25, 0.3) is 11.1 Å². The summed E-state index contributed by atoms with van der Waals surface area (Å²) < 4.78 is 16.8. The van der Waals surface area contributed by atoms with Gasteiger partial charge in [-0.25, -0.2) is 0 Å². The standard InChI is InChI=1S/C16H15O4P/c1-20-13-7-3-2-6-12(13)16-11(9-10-15(17)18)5-4-8-14(16)21-19/h2-8H,9-10H2,1H3,(H,17,18). The second-order valence-corrected chi connectivity index (χ2v) is 5.16. The number of aliphatic carboxylic acids is 1. The highest BCUT2D eigenvalue weighted by Crippen LogP contribution is 2.33. The van der Waals surface area contributed by atoms with Crippen molar-refractivity contribution < 1.29 is 19.2 Å². The minimum absolute atomic E-state index is 0.0291. The Kier molecular flexibility index (Phi) is 5.07. The predicted molar refractivity (Wildman–Crippen MR) is 81.6 cm³/mol. The molecule has 1 N–H and O–H groups in total. The first kappa shape index (κ1) is 15.2. The van der Waals surface area contributed by atoms with Crippen LogP contribution in [0.4, 0.5) is 0 Å². The fourth-order valence-corrected chi connectivity index (χ4v) is 2.78. The van der Waals surface area contributed by atoms with E-state index < -0.39 is 5.97 Å². The molecule has 0 heterocycles. The van der Waals surface area contributed by atoms with E-state index in [2.05, 4.69) is 0 Å². The van der Waals surface area contributed by atoms with Crippen LogP contribution in [0.2, 0.25) is 0 Å². The van der Waals surface area contributed by atoms with Gasteiger partial charge in [-0.05, 0) is 24.1 Å². The largest absolute Gasteiger partial charge is 0.496 e. The number of benzene rings is 2. The van der Waals surface area contributed by atoms with Crippen LogP contribution in [0.1, 0.15) is 12.0 Å². The molecule has 0 saturated carbocycles. The molecule has 0 spiro atoms. The van der Waals surface area contributed by atoms with Gasteiger partial charge in [-0.1, -0.05) is 30.3 Å². The van der Waals surface area contributed by atoms with Crippen LogP contribution in [-0.2, 0) is 15.8 Å². The summed E-state index contributed by atoms with van der Waals surface area (Å²) in [5, 5.41) is 9.50. The zero-order valence-electron chi connectivity index (χ0n) is 11.6. The number of methoxy groups -OCH3 is 1. The van der Waals surface area contributed by atoms with Crippen molar-refractivity contribution in [3.05, 3.63) is 48.0 Å². The molecule has 0 aliphatic heterocycles. The van der Waals surface area contributed by atoms with Gasteiger partial charge in [-0.15, -0.1) is 0 Å². The summed E-state index contributed by atoms with van der Waals surface area (Å²) in [7, 11) is 1.48. The van der Waals surface area contributed by atoms with E-state index in [1.165, 1.54) is 0 Å². The number of carboxylic acids is 1. The maximum absolute atomic E-state index is 11.4. The van der Waals surface area contributed by atoms with Gasteiger partial charge in [0.2, 0.25) is 0 Å². The highest BCUT2D eigenvalue weighted by molar-refractivity contribution is 7.34. The lowest BCUT2D eigenvalue weighted by molar-refractivity contribution is -0.136. The van der Waals surface area contributed by atoms with Gasteiger partial charge in [0, 0.05) is 17.5 Å². The minimum atomic E-state index is -0.856. The SMILES string of the molecule is COc1ccccc1-c1c(CCC(=O)O)cccc1P=O. The van der Waals surface area contributed by atoms with E-state index in [-0.39, 0.29) is 14.9 Å². The third-order valence-corrected chi connectivity index (χ3v) is 3.78. The Bertz CT molecular complexity index is 667. The maximum Gasteiger partial charge on any atom is 0.303 e. The summed E-state index contributed by atoms with van der Waals surface area (Å²) in [6.07, 6.45) is 0.410. The minimum Gasteiger partial charge on any atom is -0.496 e. The highest BCUT2D eigenvalue weighted by atomic mass is 31.1. The first-order chi connectivity index (χ1) is 10.2. The van der Waals surface area contributed by atoms with Crippen molar-refractivity contribution >= 4 is 19.7 Å². The molecule has 0 aliphatic carbocycles. The first-order valence-corrected chi connectivity index (χ1v) is 7.29. The van der Waals surface area contributed by atoms with Crippen molar-refractivity contribution in [3.63, 3.8) is 0 Å². The third-order valence-electron chi connectivity index (χ3n) is 3.21. The van der Waals surface area contributed by atoms with Gasteiger partial charge in [0.15, 0.2) is 8.46 Å². The molecule has 108 valence electrons. The fraction of sp³-hybridized carbons (Fsp3) is 0.188. The summed E-state index contributed by atoms with van der Waals surface area (Å²) in [6, 6.07) is 12.9. The molecular weight excluding hydrogens is 287 g/mol. The van der Waals surface area contributed by atoms with E-state index in [1.54, 1.807) is 19.2 Å². The van der Waals surface area contributed by atoms with Gasteiger partial charge in [0.05, 0.1) is 12.4 Å². The van der Waals surface area contributed by atoms with Gasteiger partial charge < -0.3 is 9.84 Å². The summed E-state index contributed by atoms with van der Waals surface area (Å²) in [5.74, 6) is -0.184. The van der Waals surface area contributed by atoms with Gasteiger partial charge in [0.1, 0.15) is 5.75 Å². The number of hydrogen-bond acceptors (Lipinski definition) is 3. The molecular formula is C16H15O4P. The molecule has 4 nitrogen and oxygen atoms in total. The number of ether oxygens (including phenoxy) is 1. The van der Waals surface area contributed by atoms with Crippen molar-refractivity contribution in [3.8, 4) is 16.9 Å². The van der Waals surface area contributed by atoms with Crippen molar-refractivity contribution in [1.82, 2.24) is 0 Å². The second-order valence-electron chi connectivity index (χ2n) is 4.50. The number of aryl methyl sites for hydroxylation is 1. The van der Waals surface area contributed by atoms with Crippen LogP contribution in [0.3, 0.4) is 0 Å². The lowest BCUT2D eigenvalue weighted by Crippen LogP contribution is -2.06. The van der Waals surface area contributed by atoms with Crippen LogP contribution in [0.15, 0.2) is 42.5 Å². The second kappa shape index (κ2) is 7.00. The third kappa shape index (κ3) is 3.47. The summed E-state index contributed by atoms with van der Waals surface area (Å²) >= 11 is 0. The van der Waals surface area contributed by atoms with Crippen LogP contribution in [0.5, 0.6) is 5.75 Å². The monoisotopic (exact) mass is 302 g/mol. The number of carboxylic acid groups (broad SMARTS) is 1. The van der Waals surface area contributed by atoms with Crippen LogP contribution in [0, 0.1) is 0 Å². The zero-order chi connectivity index (χ0) is 15.2. The Morgan fingerprint density at radius 2 is 1.95 bits per heavy atom. The van der Waals surface area contributed by atoms with Crippen molar-refractivity contribution in [2.75, 3.05) is 7.11 Å². The van der Waals surface area contributed by atoms with Gasteiger partial charge in [0.25, 0.3) is 0 Å². The Morgan fingerprint density at radius 1 is 1.19 bits per heavy atom. The fourth-order valence-electron chi connectivity index (χ4n) is 2.27. The Morgan fingerprint density at radius 3 is 2.62 bits per heavy atom. The lowest BCUT2D eigenvalue weighted by atomic mass is 9.96. The average molecular weight is 302 g/mol. The molecule has 21 heavy (non-hydrogen) atoms. The molecule has 0 atom stereocenters. The topological polar surface area (TPSA) is 63.6 Å². The summed E-state index contributed by atoms with van der Waals surface area (Å²) in [4.78, 5) is 10.8. The van der Waals surface area contributed by atoms with E-state index in [4.69, 9.17) is 9.84 Å². The van der Waals surface area contributed by atoms with Crippen molar-refractivity contribution in [2.45, 2.75) is 12.8 Å². The van der Waals surface area contributed by atoms with E-state index in [1.807, 2.05) is 30.3 Å². The van der Waals surface area contributed by atoms with Crippen LogP contribution < -0.4 is 10.0 Å². The van der Waals surface area contributed by atoms with Crippen molar-refractivity contribution in [2.24, 2.45) is 0 Å². The quantitative estimate of drug-likeness (QED) is 0.832. The highest BCUT2D eigenvalue weighted by Gasteiger charge is 2.15.